The summed E-state index contributed by atoms with van der Waals surface area (Å²) < 4.78 is 10.0. The van der Waals surface area contributed by atoms with Crippen LogP contribution in [0.3, 0.4) is 0 Å². The molecule has 0 N–H and O–H groups in total. The summed E-state index contributed by atoms with van der Waals surface area (Å²) in [5, 5.41) is 8.16. The van der Waals surface area contributed by atoms with Crippen molar-refractivity contribution in [3.63, 3.8) is 0 Å². The summed E-state index contributed by atoms with van der Waals surface area (Å²) in [5.41, 5.74) is 0. The van der Waals surface area contributed by atoms with Crippen LogP contribution in [-0.2, 0) is 14.3 Å². The van der Waals surface area contributed by atoms with E-state index < -0.39 is 11.4 Å². The van der Waals surface area contributed by atoms with E-state index in [1.54, 1.807) is 13.8 Å². The largest absolute Gasteiger partial charge is 0.436 e. The maximum Gasteiger partial charge on any atom is 0.308 e. The van der Waals surface area contributed by atoms with Gasteiger partial charge < -0.3 is 9.47 Å². The van der Waals surface area contributed by atoms with Gasteiger partial charge in [0.1, 0.15) is 0 Å². The van der Waals surface area contributed by atoms with Gasteiger partial charge in [-0.05, 0) is 27.2 Å². The van der Waals surface area contributed by atoms with Crippen LogP contribution in [0.5, 0.6) is 0 Å². The van der Waals surface area contributed by atoms with Gasteiger partial charge in [0.25, 0.3) is 0 Å². The van der Waals surface area contributed by atoms with Crippen molar-refractivity contribution in [2.75, 3.05) is 6.61 Å². The molecule has 0 aromatic rings. The van der Waals surface area contributed by atoms with Crippen molar-refractivity contribution in [1.82, 2.24) is 0 Å². The molecule has 0 aliphatic carbocycles. The van der Waals surface area contributed by atoms with Gasteiger partial charge in [0.15, 0.2) is 6.29 Å². The molecular formula is C10H18NO3P. The predicted molar refractivity (Wildman–Crippen MR) is 60.1 cm³/mol. The second kappa shape index (κ2) is 6.76. The van der Waals surface area contributed by atoms with Crippen LogP contribution in [0.1, 0.15) is 33.6 Å². The minimum atomic E-state index is -0.562. The van der Waals surface area contributed by atoms with E-state index in [-0.39, 0.29) is 12.4 Å². The van der Waals surface area contributed by atoms with Crippen LogP contribution in [0.2, 0.25) is 0 Å². The molecule has 86 valence electrons. The van der Waals surface area contributed by atoms with Crippen LogP contribution in [0, 0.1) is 11.3 Å². The fraction of sp³-hybridized carbons (Fsp3) is 0.800. The first-order chi connectivity index (χ1) is 6.91. The topological polar surface area (TPSA) is 59.3 Å². The SMILES string of the molecule is CCOC(C)OC(=O)CCC(C)(P)C#N. The van der Waals surface area contributed by atoms with E-state index in [1.807, 2.05) is 6.92 Å². The Hall–Kier alpha value is -0.650. The van der Waals surface area contributed by atoms with E-state index in [9.17, 15) is 4.79 Å². The average Bonchev–Trinajstić information content (AvgIpc) is 2.15. The second-order valence-corrected chi connectivity index (χ2v) is 4.82. The highest BCUT2D eigenvalue weighted by atomic mass is 31.0. The predicted octanol–water partition coefficient (Wildman–Crippen LogP) is 1.85. The van der Waals surface area contributed by atoms with E-state index in [4.69, 9.17) is 14.7 Å². The van der Waals surface area contributed by atoms with Gasteiger partial charge in [-0.25, -0.2) is 0 Å². The van der Waals surface area contributed by atoms with Crippen LogP contribution in [0.4, 0.5) is 0 Å². The Bertz CT molecular complexity index is 248. The molecule has 0 fully saturated rings. The zero-order valence-corrected chi connectivity index (χ0v) is 10.6. The molecule has 0 rings (SSSR count). The van der Waals surface area contributed by atoms with Crippen molar-refractivity contribution in [3.8, 4) is 6.07 Å². The lowest BCUT2D eigenvalue weighted by molar-refractivity contribution is -0.173. The minimum Gasteiger partial charge on any atom is -0.436 e. The molecule has 0 amide bonds. The number of carbonyl (C=O) groups is 1. The molecule has 0 aromatic heterocycles. The highest BCUT2D eigenvalue weighted by molar-refractivity contribution is 7.19. The van der Waals surface area contributed by atoms with Crippen molar-refractivity contribution in [2.24, 2.45) is 0 Å². The van der Waals surface area contributed by atoms with Crippen molar-refractivity contribution < 1.29 is 14.3 Å². The lowest BCUT2D eigenvalue weighted by atomic mass is 10.1. The summed E-state index contributed by atoms with van der Waals surface area (Å²) in [6.45, 7) is 5.77. The van der Waals surface area contributed by atoms with Gasteiger partial charge in [0.05, 0.1) is 11.2 Å². The van der Waals surface area contributed by atoms with Crippen molar-refractivity contribution in [1.29, 1.82) is 5.26 Å². The lowest BCUT2D eigenvalue weighted by Gasteiger charge is -2.16. The minimum absolute atomic E-state index is 0.227. The zero-order chi connectivity index (χ0) is 11.9. The third-order valence-electron chi connectivity index (χ3n) is 1.80. The van der Waals surface area contributed by atoms with E-state index in [0.717, 1.165) is 0 Å². The van der Waals surface area contributed by atoms with Crippen molar-refractivity contribution >= 4 is 15.2 Å². The van der Waals surface area contributed by atoms with Gasteiger partial charge >= 0.3 is 5.97 Å². The normalized spacial score (nSPS) is 16.2. The maximum absolute atomic E-state index is 11.3. The monoisotopic (exact) mass is 231 g/mol. The molecule has 0 spiro atoms. The zero-order valence-electron chi connectivity index (χ0n) is 9.45. The number of hydrogen-bond acceptors (Lipinski definition) is 4. The Kier molecular flexibility index (Phi) is 6.47. The van der Waals surface area contributed by atoms with Crippen molar-refractivity contribution in [2.45, 2.75) is 45.1 Å². The van der Waals surface area contributed by atoms with Crippen LogP contribution in [0.15, 0.2) is 0 Å². The molecule has 4 nitrogen and oxygen atoms in total. The fourth-order valence-corrected chi connectivity index (χ4v) is 1.07. The Balaban J connectivity index is 3.81. The van der Waals surface area contributed by atoms with Gasteiger partial charge in [-0.3, -0.25) is 4.79 Å². The molecule has 0 saturated carbocycles. The summed E-state index contributed by atoms with van der Waals surface area (Å²) >= 11 is 0. The smallest absolute Gasteiger partial charge is 0.308 e. The summed E-state index contributed by atoms with van der Waals surface area (Å²) in [6, 6.07) is 2.10. The lowest BCUT2D eigenvalue weighted by Crippen LogP contribution is -2.20. The molecule has 0 bridgehead atoms. The third kappa shape index (κ3) is 7.30. The van der Waals surface area contributed by atoms with Gasteiger partial charge in [-0.15, -0.1) is 9.24 Å². The summed E-state index contributed by atoms with van der Waals surface area (Å²) in [4.78, 5) is 11.3. The first kappa shape index (κ1) is 14.3. The molecular weight excluding hydrogens is 213 g/mol. The van der Waals surface area contributed by atoms with E-state index in [1.165, 1.54) is 0 Å². The standard InChI is InChI=1S/C10H18NO3P/c1-4-13-8(2)14-9(12)5-6-10(3,15)7-11/h8H,4-6,15H2,1-3H3. The van der Waals surface area contributed by atoms with Crippen LogP contribution in [0.25, 0.3) is 0 Å². The third-order valence-corrected chi connectivity index (χ3v) is 2.22. The summed E-state index contributed by atoms with van der Waals surface area (Å²) in [7, 11) is 2.42. The van der Waals surface area contributed by atoms with Crippen molar-refractivity contribution in [3.05, 3.63) is 0 Å². The number of nitrogens with zero attached hydrogens (tertiary/aromatic N) is 1. The maximum atomic E-state index is 11.3. The highest BCUT2D eigenvalue weighted by Gasteiger charge is 2.19. The van der Waals surface area contributed by atoms with Gasteiger partial charge in [0, 0.05) is 13.0 Å². The van der Waals surface area contributed by atoms with Gasteiger partial charge in [-0.2, -0.15) is 5.26 Å². The average molecular weight is 231 g/mol. The molecule has 3 unspecified atom stereocenters. The number of esters is 1. The first-order valence-electron chi connectivity index (χ1n) is 4.92. The van der Waals surface area contributed by atoms with E-state index >= 15 is 0 Å². The Morgan fingerprint density at radius 3 is 2.73 bits per heavy atom. The summed E-state index contributed by atoms with van der Waals surface area (Å²) in [6.07, 6.45) is 0.178. The second-order valence-electron chi connectivity index (χ2n) is 3.54. The number of rotatable bonds is 6. The molecule has 15 heavy (non-hydrogen) atoms. The molecule has 0 aliphatic heterocycles. The van der Waals surface area contributed by atoms with Gasteiger partial charge in [-0.1, -0.05) is 0 Å². The van der Waals surface area contributed by atoms with E-state index in [0.29, 0.717) is 13.0 Å². The number of ether oxygens (including phenoxy) is 2. The van der Waals surface area contributed by atoms with E-state index in [2.05, 4.69) is 15.3 Å². The number of nitriles is 1. The first-order valence-corrected chi connectivity index (χ1v) is 5.50. The van der Waals surface area contributed by atoms with Crippen LogP contribution < -0.4 is 0 Å². The Morgan fingerprint density at radius 1 is 1.67 bits per heavy atom. The van der Waals surface area contributed by atoms with Crippen LogP contribution in [-0.4, -0.2) is 24.0 Å². The molecule has 0 heterocycles. The molecule has 0 saturated heterocycles. The fourth-order valence-electron chi connectivity index (χ4n) is 0.930. The molecule has 0 aromatic carbocycles. The molecule has 0 radical (unpaired) electrons. The number of carbonyl (C=O) groups excluding carboxylic acids is 1. The Labute approximate surface area is 93.1 Å². The molecule has 0 aliphatic rings. The number of hydrogen-bond donors (Lipinski definition) is 0. The van der Waals surface area contributed by atoms with Gasteiger partial charge in [0.2, 0.25) is 0 Å². The van der Waals surface area contributed by atoms with Crippen LogP contribution >= 0.6 is 9.24 Å². The highest BCUT2D eigenvalue weighted by Crippen LogP contribution is 2.22. The summed E-state index contributed by atoms with van der Waals surface area (Å²) in [5.74, 6) is -0.333. The molecule has 3 atom stereocenters. The quantitative estimate of drug-likeness (QED) is 0.397. The Morgan fingerprint density at radius 2 is 2.27 bits per heavy atom. The molecule has 5 heteroatoms.